The van der Waals surface area contributed by atoms with Crippen molar-refractivity contribution in [3.8, 4) is 5.75 Å². The quantitative estimate of drug-likeness (QED) is 0.823. The van der Waals surface area contributed by atoms with Gasteiger partial charge in [0, 0.05) is 26.1 Å². The summed E-state index contributed by atoms with van der Waals surface area (Å²) in [5, 5.41) is 2.80. The Labute approximate surface area is 153 Å². The summed E-state index contributed by atoms with van der Waals surface area (Å²) in [6.45, 7) is 4.47. The van der Waals surface area contributed by atoms with E-state index in [1.54, 1.807) is 28.0 Å². The lowest BCUT2D eigenvalue weighted by atomic mass is 10.1. The van der Waals surface area contributed by atoms with Crippen LogP contribution in [0.15, 0.2) is 24.3 Å². The Bertz CT molecular complexity index is 691. The van der Waals surface area contributed by atoms with Crippen LogP contribution < -0.4 is 10.1 Å². The Balaban J connectivity index is 1.68. The predicted octanol–water partition coefficient (Wildman–Crippen LogP) is 1.04. The van der Waals surface area contributed by atoms with E-state index >= 15 is 0 Å². The third-order valence-electron chi connectivity index (χ3n) is 4.89. The van der Waals surface area contributed by atoms with Crippen LogP contribution in [0.4, 0.5) is 0 Å². The first-order valence-electron chi connectivity index (χ1n) is 9.20. The van der Waals surface area contributed by atoms with Crippen molar-refractivity contribution in [2.24, 2.45) is 0 Å². The number of carbonyl (C=O) groups excluding carboxylic acids is 3. The molecule has 1 atom stereocenters. The van der Waals surface area contributed by atoms with Crippen molar-refractivity contribution in [1.29, 1.82) is 0 Å². The summed E-state index contributed by atoms with van der Waals surface area (Å²) in [5.41, 5.74) is 0.452. The molecule has 140 valence electrons. The number of likely N-dealkylation sites (tertiary alicyclic amines) is 1. The van der Waals surface area contributed by atoms with Crippen LogP contribution in [-0.4, -0.2) is 66.3 Å². The molecule has 0 bridgehead atoms. The summed E-state index contributed by atoms with van der Waals surface area (Å²) in [6.07, 6.45) is 2.06. The number of amides is 3. The molecule has 0 aromatic heterocycles. The van der Waals surface area contributed by atoms with Crippen molar-refractivity contribution < 1.29 is 19.1 Å². The zero-order chi connectivity index (χ0) is 18.5. The summed E-state index contributed by atoms with van der Waals surface area (Å²) in [6, 6.07) is 6.62. The van der Waals surface area contributed by atoms with Gasteiger partial charge in [-0.05, 0) is 25.0 Å². The topological polar surface area (TPSA) is 79.0 Å². The maximum Gasteiger partial charge on any atom is 0.258 e. The van der Waals surface area contributed by atoms with Gasteiger partial charge in [-0.2, -0.15) is 0 Å². The Hall–Kier alpha value is -2.57. The van der Waals surface area contributed by atoms with Gasteiger partial charge in [0.15, 0.2) is 0 Å². The van der Waals surface area contributed by atoms with E-state index in [1.165, 1.54) is 0 Å². The lowest BCUT2D eigenvalue weighted by Crippen LogP contribution is -2.56. The zero-order valence-electron chi connectivity index (χ0n) is 15.1. The van der Waals surface area contributed by atoms with E-state index in [0.29, 0.717) is 50.4 Å². The van der Waals surface area contributed by atoms with Gasteiger partial charge in [0.2, 0.25) is 11.8 Å². The van der Waals surface area contributed by atoms with Gasteiger partial charge in [-0.1, -0.05) is 19.1 Å². The molecule has 0 aliphatic carbocycles. The van der Waals surface area contributed by atoms with Crippen molar-refractivity contribution >= 4 is 17.7 Å². The number of ether oxygens (including phenoxy) is 1. The second-order valence-electron chi connectivity index (χ2n) is 6.54. The highest BCUT2D eigenvalue weighted by atomic mass is 16.5. The normalized spacial score (nSPS) is 20.3. The van der Waals surface area contributed by atoms with Crippen LogP contribution in [0.2, 0.25) is 0 Å². The van der Waals surface area contributed by atoms with Crippen LogP contribution in [0.3, 0.4) is 0 Å². The van der Waals surface area contributed by atoms with Gasteiger partial charge in [-0.25, -0.2) is 0 Å². The largest absolute Gasteiger partial charge is 0.491 e. The van der Waals surface area contributed by atoms with Crippen molar-refractivity contribution in [3.05, 3.63) is 29.8 Å². The van der Waals surface area contributed by atoms with Gasteiger partial charge in [-0.15, -0.1) is 0 Å². The number of hydrogen-bond acceptors (Lipinski definition) is 4. The highest BCUT2D eigenvalue weighted by molar-refractivity contribution is 6.00. The first-order valence-corrected chi connectivity index (χ1v) is 9.20. The van der Waals surface area contributed by atoms with Gasteiger partial charge in [0.1, 0.15) is 18.4 Å². The minimum atomic E-state index is -0.452. The third kappa shape index (κ3) is 3.81. The minimum absolute atomic E-state index is 0.113. The molecule has 1 aromatic rings. The summed E-state index contributed by atoms with van der Waals surface area (Å²) in [4.78, 5) is 40.1. The number of benzene rings is 1. The molecule has 0 radical (unpaired) electrons. The van der Waals surface area contributed by atoms with Crippen molar-refractivity contribution in [3.63, 3.8) is 0 Å². The van der Waals surface area contributed by atoms with Crippen LogP contribution >= 0.6 is 0 Å². The van der Waals surface area contributed by atoms with Crippen LogP contribution in [0.5, 0.6) is 5.75 Å². The first kappa shape index (κ1) is 18.2. The molecule has 26 heavy (non-hydrogen) atoms. The summed E-state index contributed by atoms with van der Waals surface area (Å²) < 4.78 is 5.81. The van der Waals surface area contributed by atoms with Crippen molar-refractivity contribution in [1.82, 2.24) is 15.1 Å². The van der Waals surface area contributed by atoms with E-state index in [0.717, 1.165) is 13.0 Å². The number of hydrogen-bond donors (Lipinski definition) is 1. The predicted molar refractivity (Wildman–Crippen MR) is 95.9 cm³/mol. The highest BCUT2D eigenvalue weighted by Crippen LogP contribution is 2.22. The molecule has 3 amide bonds. The molecule has 2 aliphatic heterocycles. The van der Waals surface area contributed by atoms with Crippen LogP contribution in [0.1, 0.15) is 36.5 Å². The Kier molecular flexibility index (Phi) is 5.75. The average molecular weight is 359 g/mol. The van der Waals surface area contributed by atoms with Gasteiger partial charge in [0.05, 0.1) is 12.1 Å². The lowest BCUT2D eigenvalue weighted by Gasteiger charge is -2.34. The van der Waals surface area contributed by atoms with Crippen LogP contribution in [-0.2, 0) is 9.59 Å². The van der Waals surface area contributed by atoms with Gasteiger partial charge < -0.3 is 19.9 Å². The van der Waals surface area contributed by atoms with Crippen molar-refractivity contribution in [2.75, 3.05) is 32.8 Å². The monoisotopic (exact) mass is 359 g/mol. The number of rotatable bonds is 6. The fraction of sp³-hybridized carbons (Fsp3) is 0.526. The average Bonchev–Trinajstić information content (AvgIpc) is 3.06. The number of nitrogens with one attached hydrogen (secondary N) is 1. The second kappa shape index (κ2) is 8.21. The molecule has 0 spiro atoms. The van der Waals surface area contributed by atoms with Crippen LogP contribution in [0.25, 0.3) is 0 Å². The molecular formula is C19H25N3O4. The standard InChI is InChI=1S/C19H25N3O4/c1-2-15-18(24)20-9-11-22(15)19(25)14-6-3-4-7-16(14)26-13-12-21-10-5-8-17(21)23/h3-4,6-7,15H,2,5,8-13H2,1H3,(H,20,24). The fourth-order valence-electron chi connectivity index (χ4n) is 3.49. The molecule has 2 aliphatic rings. The van der Waals surface area contributed by atoms with Gasteiger partial charge >= 0.3 is 0 Å². The maximum absolute atomic E-state index is 13.0. The van der Waals surface area contributed by atoms with E-state index in [4.69, 9.17) is 4.74 Å². The number of carbonyl (C=O) groups is 3. The minimum Gasteiger partial charge on any atom is -0.491 e. The summed E-state index contributed by atoms with van der Waals surface area (Å²) in [7, 11) is 0. The summed E-state index contributed by atoms with van der Waals surface area (Å²) in [5.74, 6) is 0.339. The van der Waals surface area contributed by atoms with Gasteiger partial charge in [-0.3, -0.25) is 14.4 Å². The number of piperazine rings is 1. The van der Waals surface area contributed by atoms with E-state index in [2.05, 4.69) is 5.32 Å². The van der Waals surface area contributed by atoms with E-state index in [9.17, 15) is 14.4 Å². The number of para-hydroxylation sites is 1. The number of nitrogens with zero attached hydrogens (tertiary/aromatic N) is 2. The molecule has 1 aromatic carbocycles. The van der Waals surface area contributed by atoms with E-state index in [1.807, 2.05) is 13.0 Å². The second-order valence-corrected chi connectivity index (χ2v) is 6.54. The molecule has 1 N–H and O–H groups in total. The molecule has 2 fully saturated rings. The van der Waals surface area contributed by atoms with E-state index < -0.39 is 6.04 Å². The van der Waals surface area contributed by atoms with Gasteiger partial charge in [0.25, 0.3) is 5.91 Å². The maximum atomic E-state index is 13.0. The van der Waals surface area contributed by atoms with Crippen molar-refractivity contribution in [2.45, 2.75) is 32.2 Å². The molecule has 3 rings (SSSR count). The zero-order valence-corrected chi connectivity index (χ0v) is 15.1. The Morgan fingerprint density at radius 2 is 2.08 bits per heavy atom. The SMILES string of the molecule is CCC1C(=O)NCCN1C(=O)c1ccccc1OCCN1CCCC1=O. The van der Waals surface area contributed by atoms with E-state index in [-0.39, 0.29) is 17.7 Å². The molecule has 0 saturated carbocycles. The Morgan fingerprint density at radius 1 is 1.27 bits per heavy atom. The molecule has 7 nitrogen and oxygen atoms in total. The highest BCUT2D eigenvalue weighted by Gasteiger charge is 2.33. The third-order valence-corrected chi connectivity index (χ3v) is 4.89. The molecule has 1 unspecified atom stereocenters. The smallest absolute Gasteiger partial charge is 0.258 e. The first-order chi connectivity index (χ1) is 12.6. The molecule has 2 heterocycles. The molecule has 7 heteroatoms. The lowest BCUT2D eigenvalue weighted by molar-refractivity contribution is -0.128. The Morgan fingerprint density at radius 3 is 2.81 bits per heavy atom. The molecule has 2 saturated heterocycles. The fourth-order valence-corrected chi connectivity index (χ4v) is 3.49. The molecular weight excluding hydrogens is 334 g/mol. The summed E-state index contributed by atoms with van der Waals surface area (Å²) >= 11 is 0. The van der Waals surface area contributed by atoms with Crippen LogP contribution in [0, 0.1) is 0 Å².